The molecule has 3 heterocycles. The van der Waals surface area contributed by atoms with E-state index in [4.69, 9.17) is 28.4 Å². The number of aliphatic hydroxyl groups excluding tert-OH is 1. The summed E-state index contributed by atoms with van der Waals surface area (Å²) in [6, 6.07) is 3.33. The molecular weight excluding hydrogens is 600 g/mol. The number of aromatic nitrogens is 1. The van der Waals surface area contributed by atoms with Crippen LogP contribution in [0.2, 0.25) is 0 Å². The summed E-state index contributed by atoms with van der Waals surface area (Å²) < 4.78 is 34.9. The Morgan fingerprint density at radius 3 is 2.65 bits per heavy atom. The van der Waals surface area contributed by atoms with Gasteiger partial charge in [0.05, 0.1) is 12.7 Å². The second-order valence-corrected chi connectivity index (χ2v) is 12.7. The maximum Gasteiger partial charge on any atom is 0.397 e. The lowest BCUT2D eigenvalue weighted by atomic mass is 9.57. The normalized spacial score (nSPS) is 38.4. The van der Waals surface area contributed by atoms with Crippen molar-refractivity contribution < 1.29 is 52.7 Å². The highest BCUT2D eigenvalue weighted by Crippen LogP contribution is 2.61. The third kappa shape index (κ3) is 6.01. The van der Waals surface area contributed by atoms with Crippen molar-refractivity contribution in [1.82, 2.24) is 10.3 Å². The van der Waals surface area contributed by atoms with Gasteiger partial charge in [0.1, 0.15) is 35.7 Å². The quantitative estimate of drug-likeness (QED) is 0.124. The fraction of sp³-hybridized carbons (Fsp3) is 0.636. The summed E-state index contributed by atoms with van der Waals surface area (Å²) in [6.45, 7) is 7.49. The van der Waals surface area contributed by atoms with E-state index in [0.717, 1.165) is 5.57 Å². The molecule has 46 heavy (non-hydrogen) atoms. The molecule has 1 amide bonds. The van der Waals surface area contributed by atoms with Gasteiger partial charge in [-0.05, 0) is 38.0 Å². The van der Waals surface area contributed by atoms with Crippen LogP contribution in [-0.4, -0.2) is 104 Å². The number of amides is 1. The molecule has 1 aromatic rings. The number of rotatable bonds is 8. The van der Waals surface area contributed by atoms with Crippen LogP contribution >= 0.6 is 0 Å². The summed E-state index contributed by atoms with van der Waals surface area (Å²) in [5.41, 5.74) is 0.0393. The first-order valence-electron chi connectivity index (χ1n) is 15.7. The Hall–Kier alpha value is -3.52. The third-order valence-electron chi connectivity index (χ3n) is 9.99. The highest BCUT2D eigenvalue weighted by atomic mass is 16.6. The standard InChI is InChI=1S/C33H44N2O11/c1-16-14-17(2)33-20(15-23(42-6)31(39)44-26(16)19(4)43-32(40)29(37)35-12-13-41-5)9-10-21-24(33)25(36)18(3)27(28(21)46-33)45-30(38)22-8-7-11-34-22/h7-11,14,16,18-21,23-28,34,36H,12-13,15H2,1-6H3,(H,35,37)/b17-14+/t16-,18-,19-,20-,21?,23+,24?,25-,26+,27-,28-,33+/m1/s1. The summed E-state index contributed by atoms with van der Waals surface area (Å²) in [4.78, 5) is 54.2. The molecule has 1 saturated carbocycles. The molecule has 1 spiro atoms. The Bertz CT molecular complexity index is 1360. The van der Waals surface area contributed by atoms with Gasteiger partial charge in [-0.1, -0.05) is 32.1 Å². The summed E-state index contributed by atoms with van der Waals surface area (Å²) in [5.74, 6) is -5.25. The number of esters is 3. The van der Waals surface area contributed by atoms with Crippen molar-refractivity contribution in [3.63, 3.8) is 0 Å². The Labute approximate surface area is 267 Å². The molecule has 13 heteroatoms. The van der Waals surface area contributed by atoms with Crippen molar-refractivity contribution in [2.45, 2.75) is 76.3 Å². The number of hydrogen-bond donors (Lipinski definition) is 3. The minimum Gasteiger partial charge on any atom is -0.456 e. The molecule has 4 aliphatic rings. The van der Waals surface area contributed by atoms with Gasteiger partial charge < -0.3 is 43.8 Å². The largest absolute Gasteiger partial charge is 0.456 e. The van der Waals surface area contributed by atoms with E-state index in [0.29, 0.717) is 5.69 Å². The van der Waals surface area contributed by atoms with Gasteiger partial charge in [-0.2, -0.15) is 0 Å². The SMILES string of the molecule is COCCNC(=O)C(=O)O[C@H](C)[C@H]1OC(=O)[C@@H](OC)C[C@H]2C=CC3C4[C@H](O)[C@@H](C)[C@@H](OC(=O)c5ccc[nH]5)[C@@H]3O[C@]42/C(C)=C/[C@H]1C. The number of H-pyrrole nitrogens is 1. The van der Waals surface area contributed by atoms with Crippen molar-refractivity contribution in [1.29, 1.82) is 0 Å². The first-order valence-corrected chi connectivity index (χ1v) is 15.7. The summed E-state index contributed by atoms with van der Waals surface area (Å²) in [5, 5.41) is 14.3. The van der Waals surface area contributed by atoms with Gasteiger partial charge in [0, 0.05) is 56.6 Å². The fourth-order valence-electron chi connectivity index (χ4n) is 7.76. The van der Waals surface area contributed by atoms with Crippen molar-refractivity contribution in [2.75, 3.05) is 27.4 Å². The van der Waals surface area contributed by atoms with Gasteiger partial charge in [-0.25, -0.2) is 14.4 Å². The number of nitrogens with one attached hydrogen (secondary N) is 2. The van der Waals surface area contributed by atoms with E-state index in [1.807, 2.05) is 39.0 Å². The number of hydrogen-bond acceptors (Lipinski definition) is 11. The van der Waals surface area contributed by atoms with Gasteiger partial charge in [0.2, 0.25) is 0 Å². The van der Waals surface area contributed by atoms with Crippen LogP contribution in [0.5, 0.6) is 0 Å². The van der Waals surface area contributed by atoms with Crippen LogP contribution in [0.1, 0.15) is 44.6 Å². The monoisotopic (exact) mass is 644 g/mol. The average molecular weight is 645 g/mol. The zero-order valence-corrected chi connectivity index (χ0v) is 27.0. The van der Waals surface area contributed by atoms with E-state index in [9.17, 15) is 24.3 Å². The molecular formula is C33H44N2O11. The van der Waals surface area contributed by atoms with Crippen LogP contribution in [0.4, 0.5) is 0 Å². The van der Waals surface area contributed by atoms with Gasteiger partial charge in [0.15, 0.2) is 6.10 Å². The second-order valence-electron chi connectivity index (χ2n) is 12.7. The van der Waals surface area contributed by atoms with Crippen LogP contribution in [0.15, 0.2) is 42.1 Å². The molecule has 1 aromatic heterocycles. The minimum absolute atomic E-state index is 0.127. The Balaban J connectivity index is 1.47. The van der Waals surface area contributed by atoms with Gasteiger partial charge >= 0.3 is 23.8 Å². The molecule has 2 fully saturated rings. The Morgan fingerprint density at radius 2 is 1.98 bits per heavy atom. The molecule has 2 aliphatic carbocycles. The molecule has 12 atom stereocenters. The molecule has 0 radical (unpaired) electrons. The number of carbonyl (C=O) groups is 4. The van der Waals surface area contributed by atoms with E-state index < -0.39 is 83.8 Å². The number of aromatic amines is 1. The molecule has 4 bridgehead atoms. The minimum atomic E-state index is -1.11. The predicted molar refractivity (Wildman–Crippen MR) is 161 cm³/mol. The lowest BCUT2D eigenvalue weighted by Crippen LogP contribution is -2.57. The molecule has 2 unspecified atom stereocenters. The smallest absolute Gasteiger partial charge is 0.397 e. The number of methoxy groups -OCH3 is 2. The average Bonchev–Trinajstić information content (AvgIpc) is 3.63. The van der Waals surface area contributed by atoms with Gasteiger partial charge in [0.25, 0.3) is 0 Å². The first kappa shape index (κ1) is 33.8. The molecule has 0 aromatic carbocycles. The van der Waals surface area contributed by atoms with Crippen LogP contribution in [-0.2, 0) is 42.8 Å². The van der Waals surface area contributed by atoms with E-state index >= 15 is 0 Å². The number of aliphatic hydroxyl groups is 1. The van der Waals surface area contributed by atoms with Crippen LogP contribution in [0, 0.1) is 29.6 Å². The third-order valence-corrected chi connectivity index (χ3v) is 9.99. The molecule has 252 valence electrons. The van der Waals surface area contributed by atoms with Crippen molar-refractivity contribution >= 4 is 23.8 Å². The van der Waals surface area contributed by atoms with E-state index in [-0.39, 0.29) is 31.4 Å². The van der Waals surface area contributed by atoms with Crippen LogP contribution in [0.3, 0.4) is 0 Å². The maximum atomic E-state index is 13.5. The van der Waals surface area contributed by atoms with Crippen LogP contribution < -0.4 is 5.32 Å². The highest BCUT2D eigenvalue weighted by molar-refractivity contribution is 6.32. The predicted octanol–water partition coefficient (Wildman–Crippen LogP) is 1.71. The topological polar surface area (TPSA) is 172 Å². The zero-order chi connectivity index (χ0) is 33.3. The van der Waals surface area contributed by atoms with Crippen LogP contribution in [0.25, 0.3) is 0 Å². The molecule has 1 saturated heterocycles. The van der Waals surface area contributed by atoms with E-state index in [1.165, 1.54) is 14.2 Å². The number of carbonyl (C=O) groups excluding carboxylic acids is 4. The number of ether oxygens (including phenoxy) is 6. The second kappa shape index (κ2) is 13.7. The molecule has 3 N–H and O–H groups in total. The van der Waals surface area contributed by atoms with Gasteiger partial charge in [-0.3, -0.25) is 4.79 Å². The Morgan fingerprint density at radius 1 is 1.22 bits per heavy atom. The number of cyclic esters (lactones) is 1. The summed E-state index contributed by atoms with van der Waals surface area (Å²) in [6.07, 6.45) is 2.55. The maximum absolute atomic E-state index is 13.5. The fourth-order valence-corrected chi connectivity index (χ4v) is 7.76. The lowest BCUT2D eigenvalue weighted by Gasteiger charge is -2.48. The van der Waals surface area contributed by atoms with Crippen molar-refractivity contribution in [3.8, 4) is 0 Å². The van der Waals surface area contributed by atoms with Crippen molar-refractivity contribution in [2.24, 2.45) is 29.6 Å². The lowest BCUT2D eigenvalue weighted by molar-refractivity contribution is -0.180. The van der Waals surface area contributed by atoms with Crippen molar-refractivity contribution in [3.05, 3.63) is 47.8 Å². The van der Waals surface area contributed by atoms with E-state index in [1.54, 1.807) is 25.3 Å². The van der Waals surface area contributed by atoms with Gasteiger partial charge in [-0.15, -0.1) is 0 Å². The zero-order valence-electron chi connectivity index (χ0n) is 27.0. The Kier molecular flexibility index (Phi) is 10.1. The summed E-state index contributed by atoms with van der Waals surface area (Å²) >= 11 is 0. The highest BCUT2D eigenvalue weighted by Gasteiger charge is 2.69. The summed E-state index contributed by atoms with van der Waals surface area (Å²) in [7, 11) is 2.88. The molecule has 13 nitrogen and oxygen atoms in total. The van der Waals surface area contributed by atoms with E-state index in [2.05, 4.69) is 10.3 Å². The molecule has 5 rings (SSSR count). The molecule has 2 aliphatic heterocycles. The first-order chi connectivity index (χ1) is 21.9.